The van der Waals surface area contributed by atoms with Gasteiger partial charge in [0.25, 0.3) is 0 Å². The van der Waals surface area contributed by atoms with Gasteiger partial charge < -0.3 is 10.0 Å². The Bertz CT molecular complexity index is 208. The van der Waals surface area contributed by atoms with E-state index in [2.05, 4.69) is 4.90 Å². The van der Waals surface area contributed by atoms with Crippen LogP contribution in [0.3, 0.4) is 0 Å². The maximum absolute atomic E-state index is 11.9. The first-order chi connectivity index (χ1) is 7.16. The van der Waals surface area contributed by atoms with Crippen LogP contribution in [-0.2, 0) is 4.79 Å². The quantitative estimate of drug-likeness (QED) is 0.733. The lowest BCUT2D eigenvalue weighted by Gasteiger charge is -2.33. The first kappa shape index (κ1) is 12.8. The van der Waals surface area contributed by atoms with E-state index < -0.39 is 0 Å². The molecule has 0 radical (unpaired) electrons. The van der Waals surface area contributed by atoms with Gasteiger partial charge in [-0.05, 0) is 6.92 Å². The van der Waals surface area contributed by atoms with Crippen molar-refractivity contribution in [2.75, 3.05) is 44.8 Å². The Labute approximate surface area is 95.6 Å². The fourth-order valence-corrected chi connectivity index (χ4v) is 2.63. The third-order valence-corrected chi connectivity index (χ3v) is 3.70. The molecule has 1 fully saturated rings. The molecular formula is C10H20N2O2S. The van der Waals surface area contributed by atoms with Crippen molar-refractivity contribution in [2.24, 2.45) is 0 Å². The minimum absolute atomic E-state index is 0.0326. The summed E-state index contributed by atoms with van der Waals surface area (Å²) in [5, 5.41) is 8.77. The number of aliphatic hydroxyl groups is 1. The molecule has 0 aromatic rings. The molecule has 1 aliphatic rings. The number of likely N-dealkylation sites (N-methyl/N-ethyl adjacent to an activating group) is 1. The number of carbonyl (C=O) groups excluding carboxylic acids is 1. The Morgan fingerprint density at radius 3 is 2.67 bits per heavy atom. The highest BCUT2D eigenvalue weighted by atomic mass is 32.2. The van der Waals surface area contributed by atoms with Crippen molar-refractivity contribution in [1.29, 1.82) is 0 Å². The molecule has 1 rings (SSSR count). The predicted octanol–water partition coefficient (Wildman–Crippen LogP) is -0.126. The van der Waals surface area contributed by atoms with E-state index in [1.54, 1.807) is 11.9 Å². The molecule has 0 saturated carbocycles. The van der Waals surface area contributed by atoms with Gasteiger partial charge >= 0.3 is 0 Å². The highest BCUT2D eigenvalue weighted by molar-refractivity contribution is 7.99. The number of hydrogen-bond donors (Lipinski definition) is 1. The van der Waals surface area contributed by atoms with Crippen LogP contribution in [0.4, 0.5) is 0 Å². The van der Waals surface area contributed by atoms with Crippen molar-refractivity contribution < 1.29 is 9.90 Å². The molecule has 88 valence electrons. The summed E-state index contributed by atoms with van der Waals surface area (Å²) in [4.78, 5) is 15.7. The van der Waals surface area contributed by atoms with E-state index in [1.807, 2.05) is 18.7 Å². The number of amides is 1. The normalized spacial score (nSPS) is 19.9. The van der Waals surface area contributed by atoms with Gasteiger partial charge in [0.1, 0.15) is 0 Å². The van der Waals surface area contributed by atoms with Gasteiger partial charge in [0.05, 0.1) is 12.6 Å². The molecular weight excluding hydrogens is 212 g/mol. The maximum Gasteiger partial charge on any atom is 0.239 e. The van der Waals surface area contributed by atoms with Crippen LogP contribution < -0.4 is 0 Å². The van der Waals surface area contributed by atoms with Gasteiger partial charge in [-0.1, -0.05) is 0 Å². The van der Waals surface area contributed by atoms with Crippen LogP contribution in [0.15, 0.2) is 0 Å². The highest BCUT2D eigenvalue weighted by Crippen LogP contribution is 2.13. The topological polar surface area (TPSA) is 43.8 Å². The monoisotopic (exact) mass is 232 g/mol. The van der Waals surface area contributed by atoms with E-state index >= 15 is 0 Å². The van der Waals surface area contributed by atoms with Crippen molar-refractivity contribution in [3.63, 3.8) is 0 Å². The maximum atomic E-state index is 11.9. The van der Waals surface area contributed by atoms with Crippen LogP contribution >= 0.6 is 11.8 Å². The third-order valence-electron chi connectivity index (χ3n) is 2.76. The molecule has 1 heterocycles. The second-order valence-electron chi connectivity index (χ2n) is 3.81. The lowest BCUT2D eigenvalue weighted by atomic mass is 10.2. The fraction of sp³-hybridized carbons (Fsp3) is 0.900. The minimum Gasteiger partial charge on any atom is -0.395 e. The number of nitrogens with zero attached hydrogens (tertiary/aromatic N) is 2. The summed E-state index contributed by atoms with van der Waals surface area (Å²) < 4.78 is 0. The number of rotatable bonds is 4. The molecule has 0 aromatic carbocycles. The molecule has 0 spiro atoms. The van der Waals surface area contributed by atoms with Gasteiger partial charge in [-0.3, -0.25) is 9.69 Å². The molecule has 1 atom stereocenters. The van der Waals surface area contributed by atoms with Gasteiger partial charge in [-0.25, -0.2) is 0 Å². The average molecular weight is 232 g/mol. The average Bonchev–Trinajstić information content (AvgIpc) is 2.28. The van der Waals surface area contributed by atoms with Crippen LogP contribution in [0.5, 0.6) is 0 Å². The van der Waals surface area contributed by atoms with Gasteiger partial charge in [0.2, 0.25) is 5.91 Å². The molecule has 5 heteroatoms. The van der Waals surface area contributed by atoms with Crippen LogP contribution in [0.2, 0.25) is 0 Å². The molecule has 1 unspecified atom stereocenters. The second-order valence-corrected chi connectivity index (χ2v) is 5.03. The molecule has 0 bridgehead atoms. The summed E-state index contributed by atoms with van der Waals surface area (Å²) in [5.74, 6) is 2.33. The summed E-state index contributed by atoms with van der Waals surface area (Å²) in [6.07, 6.45) is 0. The SMILES string of the molecule is CC(C(=O)N(C)CCO)N1CCSCC1. The molecule has 1 saturated heterocycles. The van der Waals surface area contributed by atoms with Crippen LogP contribution in [-0.4, -0.2) is 71.6 Å². The van der Waals surface area contributed by atoms with E-state index in [0.29, 0.717) is 6.54 Å². The molecule has 1 aliphatic heterocycles. The lowest BCUT2D eigenvalue weighted by molar-refractivity contribution is -0.135. The molecule has 15 heavy (non-hydrogen) atoms. The second kappa shape index (κ2) is 6.35. The van der Waals surface area contributed by atoms with Crippen LogP contribution in [0, 0.1) is 0 Å². The number of carbonyl (C=O) groups is 1. The summed E-state index contributed by atoms with van der Waals surface area (Å²) in [6, 6.07) is -0.0533. The van der Waals surface area contributed by atoms with Gasteiger partial charge in [-0.15, -0.1) is 0 Å². The molecule has 0 aliphatic carbocycles. The Hall–Kier alpha value is -0.260. The summed E-state index contributed by atoms with van der Waals surface area (Å²) in [7, 11) is 1.74. The summed E-state index contributed by atoms with van der Waals surface area (Å²) >= 11 is 1.94. The van der Waals surface area contributed by atoms with Crippen LogP contribution in [0.25, 0.3) is 0 Å². The van der Waals surface area contributed by atoms with E-state index in [0.717, 1.165) is 24.6 Å². The Kier molecular flexibility index (Phi) is 5.42. The van der Waals surface area contributed by atoms with E-state index in [9.17, 15) is 4.79 Å². The largest absolute Gasteiger partial charge is 0.395 e. The first-order valence-corrected chi connectivity index (χ1v) is 6.50. The number of hydrogen-bond acceptors (Lipinski definition) is 4. The Balaban J connectivity index is 2.43. The zero-order valence-corrected chi connectivity index (χ0v) is 10.3. The van der Waals surface area contributed by atoms with Crippen molar-refractivity contribution >= 4 is 17.7 Å². The van der Waals surface area contributed by atoms with Gasteiger partial charge in [-0.2, -0.15) is 11.8 Å². The van der Waals surface area contributed by atoms with E-state index in [-0.39, 0.29) is 18.6 Å². The van der Waals surface area contributed by atoms with Gasteiger partial charge in [0.15, 0.2) is 0 Å². The van der Waals surface area contributed by atoms with Crippen molar-refractivity contribution in [3.8, 4) is 0 Å². The van der Waals surface area contributed by atoms with Crippen molar-refractivity contribution in [1.82, 2.24) is 9.80 Å². The fourth-order valence-electron chi connectivity index (χ4n) is 1.70. The lowest BCUT2D eigenvalue weighted by Crippen LogP contribution is -2.49. The molecule has 4 nitrogen and oxygen atoms in total. The summed E-state index contributed by atoms with van der Waals surface area (Å²) in [5.41, 5.74) is 0. The smallest absolute Gasteiger partial charge is 0.239 e. The highest BCUT2D eigenvalue weighted by Gasteiger charge is 2.24. The van der Waals surface area contributed by atoms with Gasteiger partial charge in [0, 0.05) is 38.2 Å². The standard InChI is InChI=1S/C10H20N2O2S/c1-9(10(14)11(2)3-6-13)12-4-7-15-8-5-12/h9,13H,3-8H2,1-2H3. The molecule has 0 aromatic heterocycles. The Morgan fingerprint density at radius 1 is 1.53 bits per heavy atom. The molecule has 1 N–H and O–H groups in total. The van der Waals surface area contributed by atoms with Crippen molar-refractivity contribution in [3.05, 3.63) is 0 Å². The van der Waals surface area contributed by atoms with E-state index in [1.165, 1.54) is 0 Å². The number of aliphatic hydroxyl groups excluding tert-OH is 1. The first-order valence-electron chi connectivity index (χ1n) is 5.34. The minimum atomic E-state index is -0.0533. The summed E-state index contributed by atoms with van der Waals surface area (Å²) in [6.45, 7) is 4.39. The van der Waals surface area contributed by atoms with Crippen LogP contribution in [0.1, 0.15) is 6.92 Å². The predicted molar refractivity (Wildman–Crippen MR) is 63.1 cm³/mol. The third kappa shape index (κ3) is 3.66. The van der Waals surface area contributed by atoms with Crippen molar-refractivity contribution in [2.45, 2.75) is 13.0 Å². The van der Waals surface area contributed by atoms with E-state index in [4.69, 9.17) is 5.11 Å². The molecule has 1 amide bonds. The Morgan fingerprint density at radius 2 is 2.13 bits per heavy atom. The number of thioether (sulfide) groups is 1. The zero-order valence-electron chi connectivity index (χ0n) is 9.48. The zero-order chi connectivity index (χ0) is 11.3.